The first-order valence-electron chi connectivity index (χ1n) is 3.72. The van der Waals surface area contributed by atoms with Crippen molar-refractivity contribution in [2.75, 3.05) is 0 Å². The molecule has 0 amide bonds. The van der Waals surface area contributed by atoms with Crippen molar-refractivity contribution in [2.24, 2.45) is 5.73 Å². The molecule has 68 valence electrons. The zero-order valence-electron chi connectivity index (χ0n) is 6.80. The molecule has 1 aromatic carbocycles. The van der Waals surface area contributed by atoms with Crippen LogP contribution in [0.5, 0.6) is 0 Å². The lowest BCUT2D eigenvalue weighted by Crippen LogP contribution is -2.08. The molecule has 13 heavy (non-hydrogen) atoms. The topological polar surface area (TPSA) is 49.8 Å². The number of nitriles is 1. The van der Waals surface area contributed by atoms with Crippen molar-refractivity contribution in [1.82, 2.24) is 0 Å². The molecular weight excluding hydrogens is 251 g/mol. The van der Waals surface area contributed by atoms with E-state index in [-0.39, 0.29) is 6.04 Å². The van der Waals surface area contributed by atoms with Gasteiger partial charge in [0, 0.05) is 15.5 Å². The monoisotopic (exact) mass is 258 g/mol. The van der Waals surface area contributed by atoms with Crippen molar-refractivity contribution in [3.8, 4) is 6.07 Å². The Morgan fingerprint density at radius 3 is 2.77 bits per heavy atom. The highest BCUT2D eigenvalue weighted by Gasteiger charge is 2.06. The molecule has 0 bridgehead atoms. The van der Waals surface area contributed by atoms with Gasteiger partial charge in [0.15, 0.2) is 0 Å². The van der Waals surface area contributed by atoms with Crippen molar-refractivity contribution < 1.29 is 0 Å². The Morgan fingerprint density at radius 1 is 1.54 bits per heavy atom. The van der Waals surface area contributed by atoms with Gasteiger partial charge in [-0.15, -0.1) is 0 Å². The fraction of sp³-hybridized carbons (Fsp3) is 0.222. The summed E-state index contributed by atoms with van der Waals surface area (Å²) < 4.78 is 0.878. The molecule has 0 aromatic heterocycles. The van der Waals surface area contributed by atoms with Gasteiger partial charge in [0.05, 0.1) is 12.5 Å². The largest absolute Gasteiger partial charge is 0.323 e. The smallest absolute Gasteiger partial charge is 0.0641 e. The maximum Gasteiger partial charge on any atom is 0.0641 e. The normalized spacial score (nSPS) is 12.2. The molecule has 1 aromatic rings. The molecule has 0 saturated carbocycles. The van der Waals surface area contributed by atoms with Crippen LogP contribution in [-0.4, -0.2) is 0 Å². The van der Waals surface area contributed by atoms with Crippen LogP contribution in [0.2, 0.25) is 5.02 Å². The summed E-state index contributed by atoms with van der Waals surface area (Å²) in [6, 6.07) is 7.18. The number of benzene rings is 1. The average Bonchev–Trinajstić information content (AvgIpc) is 2.03. The van der Waals surface area contributed by atoms with E-state index >= 15 is 0 Å². The third-order valence-corrected chi connectivity index (χ3v) is 2.30. The van der Waals surface area contributed by atoms with E-state index in [9.17, 15) is 0 Å². The zero-order chi connectivity index (χ0) is 9.84. The molecule has 1 rings (SSSR count). The Morgan fingerprint density at radius 2 is 2.23 bits per heavy atom. The minimum atomic E-state index is -0.264. The molecule has 0 aliphatic heterocycles. The van der Waals surface area contributed by atoms with Gasteiger partial charge in [0.25, 0.3) is 0 Å². The molecule has 0 aliphatic carbocycles. The number of hydrogen-bond donors (Lipinski definition) is 1. The molecular formula is C9H8BrClN2. The summed E-state index contributed by atoms with van der Waals surface area (Å²) in [6.45, 7) is 0. The summed E-state index contributed by atoms with van der Waals surface area (Å²) in [5.74, 6) is 0. The van der Waals surface area contributed by atoms with E-state index < -0.39 is 0 Å². The fourth-order valence-electron chi connectivity index (χ4n) is 1.01. The average molecular weight is 260 g/mol. The van der Waals surface area contributed by atoms with Crippen LogP contribution in [0.15, 0.2) is 22.7 Å². The summed E-state index contributed by atoms with van der Waals surface area (Å²) in [7, 11) is 0. The van der Waals surface area contributed by atoms with Crippen LogP contribution in [0.4, 0.5) is 0 Å². The number of halogens is 2. The summed E-state index contributed by atoms with van der Waals surface area (Å²) in [5, 5.41) is 9.08. The lowest BCUT2D eigenvalue weighted by Gasteiger charge is -2.08. The molecule has 0 radical (unpaired) electrons. The molecule has 1 atom stereocenters. The maximum atomic E-state index is 8.46. The van der Waals surface area contributed by atoms with Crippen LogP contribution in [0, 0.1) is 11.3 Å². The lowest BCUT2D eigenvalue weighted by molar-refractivity contribution is 0.748. The molecule has 0 aliphatic rings. The molecule has 2 N–H and O–H groups in total. The van der Waals surface area contributed by atoms with Crippen LogP contribution in [0.3, 0.4) is 0 Å². The molecule has 0 heterocycles. The van der Waals surface area contributed by atoms with Gasteiger partial charge in [-0.3, -0.25) is 0 Å². The van der Waals surface area contributed by atoms with E-state index in [1.807, 2.05) is 12.1 Å². The van der Waals surface area contributed by atoms with Crippen LogP contribution in [0.1, 0.15) is 18.0 Å². The molecule has 2 nitrogen and oxygen atoms in total. The highest BCUT2D eigenvalue weighted by atomic mass is 79.9. The molecule has 4 heteroatoms. The van der Waals surface area contributed by atoms with Crippen molar-refractivity contribution in [3.63, 3.8) is 0 Å². The summed E-state index contributed by atoms with van der Waals surface area (Å²) in [5.41, 5.74) is 6.62. The third-order valence-electron chi connectivity index (χ3n) is 1.62. The lowest BCUT2D eigenvalue weighted by atomic mass is 10.1. The number of rotatable bonds is 2. The zero-order valence-corrected chi connectivity index (χ0v) is 9.14. The quantitative estimate of drug-likeness (QED) is 0.887. The molecule has 0 saturated heterocycles. The SMILES string of the molecule is N#CCC(N)c1cc(Cl)cc(Br)c1. The second-order valence-electron chi connectivity index (χ2n) is 2.67. The fourth-order valence-corrected chi connectivity index (χ4v) is 1.89. The second-order valence-corrected chi connectivity index (χ2v) is 4.02. The standard InChI is InChI=1S/C9H8BrClN2/c10-7-3-6(4-8(11)5-7)9(13)1-2-12/h3-5,9H,1,13H2. The van der Waals surface area contributed by atoms with Crippen LogP contribution >= 0.6 is 27.5 Å². The van der Waals surface area contributed by atoms with Gasteiger partial charge in [0.2, 0.25) is 0 Å². The van der Waals surface area contributed by atoms with E-state index in [0.29, 0.717) is 11.4 Å². The van der Waals surface area contributed by atoms with Crippen molar-refractivity contribution in [1.29, 1.82) is 5.26 Å². The summed E-state index contributed by atoms with van der Waals surface area (Å²) in [4.78, 5) is 0. The summed E-state index contributed by atoms with van der Waals surface area (Å²) in [6.07, 6.45) is 0.298. The predicted molar refractivity (Wildman–Crippen MR) is 56.3 cm³/mol. The number of nitrogens with two attached hydrogens (primary N) is 1. The van der Waals surface area contributed by atoms with Crippen LogP contribution < -0.4 is 5.73 Å². The van der Waals surface area contributed by atoms with Crippen LogP contribution in [-0.2, 0) is 0 Å². The second kappa shape index (κ2) is 4.61. The van der Waals surface area contributed by atoms with Gasteiger partial charge in [-0.2, -0.15) is 5.26 Å². The first kappa shape index (κ1) is 10.5. The van der Waals surface area contributed by atoms with E-state index in [2.05, 4.69) is 15.9 Å². The van der Waals surface area contributed by atoms with Gasteiger partial charge in [0.1, 0.15) is 0 Å². The molecule has 0 fully saturated rings. The summed E-state index contributed by atoms with van der Waals surface area (Å²) >= 11 is 9.14. The first-order valence-corrected chi connectivity index (χ1v) is 4.89. The Bertz CT molecular complexity index is 326. The molecule has 1 unspecified atom stereocenters. The van der Waals surface area contributed by atoms with E-state index in [0.717, 1.165) is 10.0 Å². The van der Waals surface area contributed by atoms with Gasteiger partial charge in [-0.25, -0.2) is 0 Å². The Hall–Kier alpha value is -0.560. The first-order chi connectivity index (χ1) is 6.13. The van der Waals surface area contributed by atoms with Crippen molar-refractivity contribution >= 4 is 27.5 Å². The minimum Gasteiger partial charge on any atom is -0.323 e. The van der Waals surface area contributed by atoms with E-state index in [4.69, 9.17) is 22.6 Å². The van der Waals surface area contributed by atoms with E-state index in [1.54, 1.807) is 12.1 Å². The minimum absolute atomic E-state index is 0.264. The number of nitrogens with zero attached hydrogens (tertiary/aromatic N) is 1. The Balaban J connectivity index is 2.95. The Labute approximate surface area is 90.4 Å². The Kier molecular flexibility index (Phi) is 3.73. The van der Waals surface area contributed by atoms with Gasteiger partial charge in [-0.1, -0.05) is 27.5 Å². The maximum absolute atomic E-state index is 8.46. The number of hydrogen-bond acceptors (Lipinski definition) is 2. The molecule has 0 spiro atoms. The van der Waals surface area contributed by atoms with Gasteiger partial charge in [-0.05, 0) is 23.8 Å². The third kappa shape index (κ3) is 3.00. The predicted octanol–water partition coefficient (Wildman–Crippen LogP) is 3.02. The van der Waals surface area contributed by atoms with Gasteiger partial charge >= 0.3 is 0 Å². The van der Waals surface area contributed by atoms with Gasteiger partial charge < -0.3 is 5.73 Å². The highest BCUT2D eigenvalue weighted by Crippen LogP contribution is 2.23. The highest BCUT2D eigenvalue weighted by molar-refractivity contribution is 9.10. The van der Waals surface area contributed by atoms with Crippen LogP contribution in [0.25, 0.3) is 0 Å². The van der Waals surface area contributed by atoms with Crippen molar-refractivity contribution in [2.45, 2.75) is 12.5 Å². The van der Waals surface area contributed by atoms with Crippen molar-refractivity contribution in [3.05, 3.63) is 33.3 Å². The van der Waals surface area contributed by atoms with E-state index in [1.165, 1.54) is 0 Å².